The van der Waals surface area contributed by atoms with E-state index in [1.807, 2.05) is 13.8 Å². The summed E-state index contributed by atoms with van der Waals surface area (Å²) in [6.45, 7) is 3.79. The second-order valence-corrected chi connectivity index (χ2v) is 4.75. The quantitative estimate of drug-likeness (QED) is 0.769. The number of halogens is 2. The second kappa shape index (κ2) is 3.98. The van der Waals surface area contributed by atoms with Gasteiger partial charge in [-0.15, -0.1) is 0 Å². The molecule has 1 fully saturated rings. The Labute approximate surface area is 89.8 Å². The topological polar surface area (TPSA) is 46.2 Å². The van der Waals surface area contributed by atoms with Crippen LogP contribution in [0.5, 0.6) is 0 Å². The summed E-state index contributed by atoms with van der Waals surface area (Å²) in [5, 5.41) is 10.4. The SMILES string of the molecule is CCC(N)(CC)C1(O)CCC(F)(F)CC1. The van der Waals surface area contributed by atoms with Gasteiger partial charge in [-0.05, 0) is 25.7 Å². The lowest BCUT2D eigenvalue weighted by Crippen LogP contribution is -2.62. The third-order valence-electron chi connectivity index (χ3n) is 4.00. The summed E-state index contributed by atoms with van der Waals surface area (Å²) >= 11 is 0. The number of nitrogens with two attached hydrogens (primary N) is 1. The number of hydrogen-bond donors (Lipinski definition) is 2. The minimum absolute atomic E-state index is 0.109. The molecule has 4 heteroatoms. The Balaban J connectivity index is 2.77. The molecular weight excluding hydrogens is 200 g/mol. The Hall–Kier alpha value is -0.220. The van der Waals surface area contributed by atoms with Gasteiger partial charge in [0.15, 0.2) is 0 Å². The number of hydrogen-bond acceptors (Lipinski definition) is 2. The van der Waals surface area contributed by atoms with E-state index < -0.39 is 17.1 Å². The summed E-state index contributed by atoms with van der Waals surface area (Å²) in [5.74, 6) is -2.62. The standard InChI is InChI=1S/C11H21F2NO/c1-3-9(14,4-2)10(15)5-7-11(12,13)8-6-10/h15H,3-8,14H2,1-2H3. The number of aliphatic hydroxyl groups is 1. The Bertz CT molecular complexity index is 217. The van der Waals surface area contributed by atoms with Crippen molar-refractivity contribution >= 4 is 0 Å². The maximum absolute atomic E-state index is 13.0. The number of alkyl halides is 2. The van der Waals surface area contributed by atoms with Crippen LogP contribution < -0.4 is 5.73 Å². The highest BCUT2D eigenvalue weighted by Crippen LogP contribution is 2.44. The molecular formula is C11H21F2NO. The molecule has 0 bridgehead atoms. The first-order valence-electron chi connectivity index (χ1n) is 5.68. The van der Waals surface area contributed by atoms with Gasteiger partial charge in [0, 0.05) is 18.4 Å². The van der Waals surface area contributed by atoms with Gasteiger partial charge in [0.2, 0.25) is 5.92 Å². The third kappa shape index (κ3) is 2.31. The van der Waals surface area contributed by atoms with E-state index >= 15 is 0 Å². The van der Waals surface area contributed by atoms with Gasteiger partial charge in [-0.3, -0.25) is 0 Å². The van der Waals surface area contributed by atoms with Crippen LogP contribution in [0.1, 0.15) is 52.4 Å². The van der Waals surface area contributed by atoms with Gasteiger partial charge < -0.3 is 10.8 Å². The van der Waals surface area contributed by atoms with Gasteiger partial charge in [0.25, 0.3) is 0 Å². The zero-order chi connectivity index (χ0) is 11.7. The Kier molecular flexibility index (Phi) is 3.41. The Morgan fingerprint density at radius 3 is 1.87 bits per heavy atom. The van der Waals surface area contributed by atoms with E-state index in [9.17, 15) is 13.9 Å². The van der Waals surface area contributed by atoms with Gasteiger partial charge in [0.05, 0.1) is 5.60 Å². The minimum Gasteiger partial charge on any atom is -0.388 e. The molecule has 3 N–H and O–H groups in total. The van der Waals surface area contributed by atoms with Crippen LogP contribution in [0.3, 0.4) is 0 Å². The molecule has 0 atom stereocenters. The van der Waals surface area contributed by atoms with Crippen molar-refractivity contribution in [3.05, 3.63) is 0 Å². The van der Waals surface area contributed by atoms with E-state index in [2.05, 4.69) is 0 Å². The van der Waals surface area contributed by atoms with Gasteiger partial charge in [-0.1, -0.05) is 13.8 Å². The van der Waals surface area contributed by atoms with Crippen LogP contribution >= 0.6 is 0 Å². The maximum Gasteiger partial charge on any atom is 0.248 e. The fraction of sp³-hybridized carbons (Fsp3) is 1.00. The van der Waals surface area contributed by atoms with E-state index in [1.165, 1.54) is 0 Å². The first-order chi connectivity index (χ1) is 6.79. The Morgan fingerprint density at radius 2 is 1.53 bits per heavy atom. The molecule has 1 aliphatic carbocycles. The maximum atomic E-state index is 13.0. The summed E-state index contributed by atoms with van der Waals surface area (Å²) in [5.41, 5.74) is 4.27. The van der Waals surface area contributed by atoms with E-state index in [-0.39, 0.29) is 25.7 Å². The zero-order valence-electron chi connectivity index (χ0n) is 9.52. The predicted octanol–water partition coefficient (Wildman–Crippen LogP) is 2.44. The number of rotatable bonds is 3. The molecule has 0 saturated heterocycles. The van der Waals surface area contributed by atoms with Crippen molar-refractivity contribution in [1.29, 1.82) is 0 Å². The first kappa shape index (κ1) is 12.8. The van der Waals surface area contributed by atoms with Crippen molar-refractivity contribution in [2.45, 2.75) is 69.4 Å². The third-order valence-corrected chi connectivity index (χ3v) is 4.00. The molecule has 0 spiro atoms. The molecule has 0 amide bonds. The summed E-state index contributed by atoms with van der Waals surface area (Å²) in [4.78, 5) is 0. The average Bonchev–Trinajstić information content (AvgIpc) is 2.21. The average molecular weight is 221 g/mol. The molecule has 0 aliphatic heterocycles. The minimum atomic E-state index is -2.62. The molecule has 0 unspecified atom stereocenters. The molecule has 2 nitrogen and oxygen atoms in total. The first-order valence-corrected chi connectivity index (χ1v) is 5.68. The van der Waals surface area contributed by atoms with E-state index in [0.29, 0.717) is 12.8 Å². The van der Waals surface area contributed by atoms with Crippen molar-refractivity contribution in [2.75, 3.05) is 0 Å². The summed E-state index contributed by atoms with van der Waals surface area (Å²) in [7, 11) is 0. The van der Waals surface area contributed by atoms with Gasteiger partial charge >= 0.3 is 0 Å². The normalized spacial score (nSPS) is 25.2. The highest BCUT2D eigenvalue weighted by Gasteiger charge is 2.51. The van der Waals surface area contributed by atoms with E-state index in [0.717, 1.165) is 0 Å². The largest absolute Gasteiger partial charge is 0.388 e. The monoisotopic (exact) mass is 221 g/mol. The molecule has 1 rings (SSSR count). The van der Waals surface area contributed by atoms with Crippen LogP contribution in [-0.4, -0.2) is 22.2 Å². The Morgan fingerprint density at radius 1 is 1.13 bits per heavy atom. The molecule has 1 saturated carbocycles. The summed E-state index contributed by atoms with van der Waals surface area (Å²) in [6.07, 6.45) is 0.957. The lowest BCUT2D eigenvalue weighted by Gasteiger charge is -2.47. The molecule has 0 radical (unpaired) electrons. The molecule has 0 aromatic carbocycles. The fourth-order valence-electron chi connectivity index (χ4n) is 2.44. The fourth-order valence-corrected chi connectivity index (χ4v) is 2.44. The van der Waals surface area contributed by atoms with Crippen LogP contribution in [0.15, 0.2) is 0 Å². The van der Waals surface area contributed by atoms with Crippen LogP contribution in [0.2, 0.25) is 0 Å². The lowest BCUT2D eigenvalue weighted by molar-refractivity contribution is -0.135. The molecule has 0 aromatic heterocycles. The van der Waals surface area contributed by atoms with E-state index in [4.69, 9.17) is 5.73 Å². The van der Waals surface area contributed by atoms with Crippen molar-refractivity contribution in [3.8, 4) is 0 Å². The van der Waals surface area contributed by atoms with Gasteiger partial charge in [-0.25, -0.2) is 8.78 Å². The van der Waals surface area contributed by atoms with Crippen molar-refractivity contribution in [2.24, 2.45) is 5.73 Å². The van der Waals surface area contributed by atoms with Crippen LogP contribution in [0.25, 0.3) is 0 Å². The molecule has 0 aromatic rings. The van der Waals surface area contributed by atoms with Crippen LogP contribution in [0, 0.1) is 0 Å². The summed E-state index contributed by atoms with van der Waals surface area (Å²) < 4.78 is 26.0. The second-order valence-electron chi connectivity index (χ2n) is 4.75. The predicted molar refractivity (Wildman–Crippen MR) is 55.9 cm³/mol. The highest BCUT2D eigenvalue weighted by atomic mass is 19.3. The lowest BCUT2D eigenvalue weighted by atomic mass is 9.68. The summed E-state index contributed by atoms with van der Waals surface area (Å²) in [6, 6.07) is 0. The van der Waals surface area contributed by atoms with Crippen molar-refractivity contribution in [1.82, 2.24) is 0 Å². The smallest absolute Gasteiger partial charge is 0.248 e. The van der Waals surface area contributed by atoms with Gasteiger partial charge in [0.1, 0.15) is 0 Å². The van der Waals surface area contributed by atoms with Crippen LogP contribution in [0.4, 0.5) is 8.78 Å². The van der Waals surface area contributed by atoms with E-state index in [1.54, 1.807) is 0 Å². The highest BCUT2D eigenvalue weighted by molar-refractivity contribution is 5.05. The molecule has 15 heavy (non-hydrogen) atoms. The van der Waals surface area contributed by atoms with Gasteiger partial charge in [-0.2, -0.15) is 0 Å². The van der Waals surface area contributed by atoms with Crippen molar-refractivity contribution in [3.63, 3.8) is 0 Å². The van der Waals surface area contributed by atoms with Crippen LogP contribution in [-0.2, 0) is 0 Å². The molecule has 0 heterocycles. The molecule has 1 aliphatic rings. The molecule has 90 valence electrons. The zero-order valence-corrected chi connectivity index (χ0v) is 9.52. The van der Waals surface area contributed by atoms with Crippen molar-refractivity contribution < 1.29 is 13.9 Å².